The Hall–Kier alpha value is -1.36. The van der Waals surface area contributed by atoms with Crippen molar-refractivity contribution in [1.82, 2.24) is 10.5 Å². The smallest absolute Gasteiger partial charge is 0.226 e. The summed E-state index contributed by atoms with van der Waals surface area (Å²) in [4.78, 5) is 12.1. The van der Waals surface area contributed by atoms with Crippen LogP contribution in [0.4, 0.5) is 0 Å². The van der Waals surface area contributed by atoms with Gasteiger partial charge in [-0.25, -0.2) is 0 Å². The topological polar surface area (TPSA) is 81.1 Å². The number of aromatic nitrogens is 1. The predicted octanol–water partition coefficient (Wildman–Crippen LogP) is 1.24. The Morgan fingerprint density at radius 2 is 2.16 bits per heavy atom. The molecule has 3 N–H and O–H groups in total. The molecule has 1 aromatic heterocycles. The minimum Gasteiger partial charge on any atom is -0.364 e. The van der Waals surface area contributed by atoms with E-state index in [9.17, 15) is 4.79 Å². The Morgan fingerprint density at radius 1 is 1.42 bits per heavy atom. The van der Waals surface area contributed by atoms with Gasteiger partial charge >= 0.3 is 0 Å². The lowest BCUT2D eigenvalue weighted by atomic mass is 9.67. The number of hydrogen-bond donors (Lipinski definition) is 2. The fourth-order valence-corrected chi connectivity index (χ4v) is 3.75. The molecule has 5 heteroatoms. The van der Waals surface area contributed by atoms with E-state index in [4.69, 9.17) is 10.3 Å². The van der Waals surface area contributed by atoms with E-state index < -0.39 is 0 Å². The molecule has 2 atom stereocenters. The van der Waals surface area contributed by atoms with E-state index in [1.54, 1.807) is 6.07 Å². The van der Waals surface area contributed by atoms with Crippen molar-refractivity contribution >= 4 is 5.91 Å². The molecule has 2 fully saturated rings. The maximum Gasteiger partial charge on any atom is 0.226 e. The number of nitrogens with one attached hydrogen (secondary N) is 1. The average molecular weight is 263 g/mol. The van der Waals surface area contributed by atoms with Crippen LogP contribution in [0, 0.1) is 11.8 Å². The molecular weight excluding hydrogens is 242 g/mol. The molecule has 104 valence electrons. The van der Waals surface area contributed by atoms with Crippen LogP contribution in [0.25, 0.3) is 0 Å². The van der Waals surface area contributed by atoms with Crippen molar-refractivity contribution in [3.05, 3.63) is 18.0 Å². The van der Waals surface area contributed by atoms with Crippen molar-refractivity contribution in [2.24, 2.45) is 17.6 Å². The largest absolute Gasteiger partial charge is 0.364 e. The zero-order valence-corrected chi connectivity index (χ0v) is 11.0. The van der Waals surface area contributed by atoms with Crippen molar-refractivity contribution in [1.29, 1.82) is 0 Å². The number of carbonyl (C=O) groups excluding carboxylic acids is 1. The lowest BCUT2D eigenvalue weighted by Gasteiger charge is -2.45. The summed E-state index contributed by atoms with van der Waals surface area (Å²) in [5, 5.41) is 6.98. The third kappa shape index (κ3) is 2.81. The van der Waals surface area contributed by atoms with Gasteiger partial charge in [-0.2, -0.15) is 0 Å². The molecule has 2 bridgehead atoms. The van der Waals surface area contributed by atoms with E-state index >= 15 is 0 Å². The lowest BCUT2D eigenvalue weighted by Crippen LogP contribution is -2.54. The molecule has 0 spiro atoms. The molecule has 2 unspecified atom stereocenters. The molecule has 0 saturated heterocycles. The van der Waals surface area contributed by atoms with Gasteiger partial charge in [-0.05, 0) is 37.5 Å². The van der Waals surface area contributed by atoms with Gasteiger partial charge in [-0.3, -0.25) is 4.79 Å². The van der Waals surface area contributed by atoms with Crippen molar-refractivity contribution in [2.45, 2.75) is 50.6 Å². The summed E-state index contributed by atoms with van der Waals surface area (Å²) in [5.74, 6) is 1.17. The molecule has 1 aromatic rings. The van der Waals surface area contributed by atoms with E-state index in [0.29, 0.717) is 36.0 Å². The first-order valence-electron chi connectivity index (χ1n) is 7.16. The summed E-state index contributed by atoms with van der Waals surface area (Å²) in [6.07, 6.45) is 7.56. The highest BCUT2D eigenvalue weighted by Gasteiger charge is 2.39. The number of rotatable bonds is 3. The van der Waals surface area contributed by atoms with Crippen LogP contribution in [0.15, 0.2) is 16.9 Å². The van der Waals surface area contributed by atoms with Crippen LogP contribution in [0.1, 0.15) is 37.8 Å². The first-order chi connectivity index (χ1) is 9.22. The Balaban J connectivity index is 1.61. The molecule has 0 aromatic carbocycles. The third-order valence-electron chi connectivity index (χ3n) is 4.54. The van der Waals surface area contributed by atoms with Gasteiger partial charge in [0.25, 0.3) is 0 Å². The van der Waals surface area contributed by atoms with E-state index in [1.807, 2.05) is 0 Å². The zero-order valence-electron chi connectivity index (χ0n) is 11.0. The van der Waals surface area contributed by atoms with Crippen molar-refractivity contribution in [3.63, 3.8) is 0 Å². The highest BCUT2D eigenvalue weighted by Crippen LogP contribution is 2.39. The zero-order chi connectivity index (χ0) is 13.2. The van der Waals surface area contributed by atoms with E-state index in [1.165, 1.54) is 25.5 Å². The number of fused-ring (bicyclic) bond motifs is 2. The molecule has 19 heavy (non-hydrogen) atoms. The number of hydrogen-bond acceptors (Lipinski definition) is 4. The maximum atomic E-state index is 12.1. The maximum absolute atomic E-state index is 12.1. The van der Waals surface area contributed by atoms with E-state index in [2.05, 4.69) is 10.5 Å². The first-order valence-corrected chi connectivity index (χ1v) is 7.16. The van der Waals surface area contributed by atoms with Gasteiger partial charge < -0.3 is 15.6 Å². The quantitative estimate of drug-likeness (QED) is 0.859. The Labute approximate surface area is 112 Å². The summed E-state index contributed by atoms with van der Waals surface area (Å²) >= 11 is 0. The average Bonchev–Trinajstić information content (AvgIpc) is 2.83. The molecule has 5 nitrogen and oxygen atoms in total. The second kappa shape index (κ2) is 5.33. The molecule has 2 aliphatic rings. The monoisotopic (exact) mass is 263 g/mol. The van der Waals surface area contributed by atoms with Crippen LogP contribution in [0.5, 0.6) is 0 Å². The van der Waals surface area contributed by atoms with Gasteiger partial charge in [0.1, 0.15) is 6.26 Å². The van der Waals surface area contributed by atoms with Crippen molar-refractivity contribution in [2.75, 3.05) is 0 Å². The summed E-state index contributed by atoms with van der Waals surface area (Å²) in [6, 6.07) is 2.36. The molecule has 1 heterocycles. The van der Waals surface area contributed by atoms with Crippen LogP contribution in [0.3, 0.4) is 0 Å². The number of amides is 1. The van der Waals surface area contributed by atoms with Gasteiger partial charge in [0.15, 0.2) is 0 Å². The SMILES string of the molecule is NC1CC2CCCC(C1)C2NC(=O)Cc1ccon1. The summed E-state index contributed by atoms with van der Waals surface area (Å²) in [6.45, 7) is 0. The number of carbonyl (C=O) groups is 1. The first kappa shape index (κ1) is 12.7. The Kier molecular flexibility index (Phi) is 3.55. The second-order valence-corrected chi connectivity index (χ2v) is 5.94. The highest BCUT2D eigenvalue weighted by molar-refractivity contribution is 5.78. The van der Waals surface area contributed by atoms with Crippen molar-refractivity contribution < 1.29 is 9.32 Å². The van der Waals surface area contributed by atoms with Gasteiger partial charge in [-0.1, -0.05) is 11.6 Å². The minimum absolute atomic E-state index is 0.0475. The molecule has 3 rings (SSSR count). The van der Waals surface area contributed by atoms with Crippen LogP contribution in [0.2, 0.25) is 0 Å². The molecule has 2 aliphatic carbocycles. The Bertz CT molecular complexity index is 418. The second-order valence-electron chi connectivity index (χ2n) is 5.94. The molecule has 1 amide bonds. The van der Waals surface area contributed by atoms with Crippen LogP contribution < -0.4 is 11.1 Å². The number of nitrogens with two attached hydrogens (primary N) is 1. The number of nitrogens with zero attached hydrogens (tertiary/aromatic N) is 1. The van der Waals surface area contributed by atoms with Crippen molar-refractivity contribution in [3.8, 4) is 0 Å². The lowest BCUT2D eigenvalue weighted by molar-refractivity contribution is -0.122. The summed E-state index contributed by atoms with van der Waals surface area (Å²) in [7, 11) is 0. The van der Waals surface area contributed by atoms with Crippen LogP contribution in [-0.2, 0) is 11.2 Å². The van der Waals surface area contributed by atoms with Gasteiger partial charge in [0.2, 0.25) is 5.91 Å². The standard InChI is InChI=1S/C14H21N3O2/c15-11-6-9-2-1-3-10(7-11)14(9)16-13(18)8-12-4-5-19-17-12/h4-5,9-11,14H,1-3,6-8,15H2,(H,16,18). The highest BCUT2D eigenvalue weighted by atomic mass is 16.5. The normalized spacial score (nSPS) is 33.9. The Morgan fingerprint density at radius 3 is 2.79 bits per heavy atom. The predicted molar refractivity (Wildman–Crippen MR) is 70.2 cm³/mol. The summed E-state index contributed by atoms with van der Waals surface area (Å²) < 4.78 is 4.75. The molecule has 0 radical (unpaired) electrons. The molecule has 2 saturated carbocycles. The van der Waals surface area contributed by atoms with Gasteiger partial charge in [-0.15, -0.1) is 0 Å². The molecule has 0 aliphatic heterocycles. The van der Waals surface area contributed by atoms with E-state index in [0.717, 1.165) is 12.8 Å². The summed E-state index contributed by atoms with van der Waals surface area (Å²) in [5.41, 5.74) is 6.78. The molecular formula is C14H21N3O2. The van der Waals surface area contributed by atoms with Gasteiger partial charge in [0, 0.05) is 18.2 Å². The fourth-order valence-electron chi connectivity index (χ4n) is 3.75. The third-order valence-corrected chi connectivity index (χ3v) is 4.54. The minimum atomic E-state index is 0.0475. The fraction of sp³-hybridized carbons (Fsp3) is 0.714. The van der Waals surface area contributed by atoms with E-state index in [-0.39, 0.29) is 5.91 Å². The van der Waals surface area contributed by atoms with Crippen LogP contribution in [-0.4, -0.2) is 23.1 Å². The van der Waals surface area contributed by atoms with Crippen LogP contribution >= 0.6 is 0 Å². The van der Waals surface area contributed by atoms with Gasteiger partial charge in [0.05, 0.1) is 12.1 Å².